The van der Waals surface area contributed by atoms with E-state index in [1.54, 1.807) is 0 Å². The maximum Gasteiger partial charge on any atom is 0.337 e. The highest BCUT2D eigenvalue weighted by atomic mass is 16.5. The van der Waals surface area contributed by atoms with Crippen LogP contribution in [-0.4, -0.2) is 80.6 Å². The zero-order valence-corrected chi connectivity index (χ0v) is 14.8. The Kier molecular flexibility index (Phi) is 14.8. The van der Waals surface area contributed by atoms with Crippen molar-refractivity contribution in [3.8, 4) is 0 Å². The highest BCUT2D eigenvalue weighted by Gasteiger charge is 2.30. The quantitative estimate of drug-likeness (QED) is 0.174. The molecule has 0 aliphatic rings. The molecule has 0 saturated carbocycles. The summed E-state index contributed by atoms with van der Waals surface area (Å²) in [5.74, 6) is -1.57. The fourth-order valence-corrected chi connectivity index (χ4v) is 1.99. The molecule has 0 radical (unpaired) electrons. The highest BCUT2D eigenvalue weighted by molar-refractivity contribution is 5.89. The number of aliphatic hydroxyl groups is 2. The summed E-state index contributed by atoms with van der Waals surface area (Å²) in [6, 6.07) is 0. The number of rotatable bonds is 16. The van der Waals surface area contributed by atoms with Gasteiger partial charge in [-0.25, -0.2) is 4.79 Å². The van der Waals surface area contributed by atoms with Crippen molar-refractivity contribution in [2.45, 2.75) is 44.8 Å². The number of aliphatic hydroxyl groups excluding tert-OH is 2. The number of carbonyl (C=O) groups is 2. The summed E-state index contributed by atoms with van der Waals surface area (Å²) >= 11 is 0. The largest absolute Gasteiger partial charge is 0.467 e. The number of carbonyl (C=O) groups excluding carboxylic acids is 2. The third-order valence-corrected chi connectivity index (χ3v) is 3.51. The van der Waals surface area contributed by atoms with Crippen molar-refractivity contribution in [3.05, 3.63) is 0 Å². The van der Waals surface area contributed by atoms with Crippen LogP contribution in [0.15, 0.2) is 0 Å². The third-order valence-electron chi connectivity index (χ3n) is 3.51. The fraction of sp³-hybridized carbons (Fsp3) is 0.875. The first-order chi connectivity index (χ1) is 11.5. The summed E-state index contributed by atoms with van der Waals surface area (Å²) in [6.07, 6.45) is -0.513. The summed E-state index contributed by atoms with van der Waals surface area (Å²) in [6.45, 7) is 7.35. The Balaban J connectivity index is 3.46. The molecule has 142 valence electrons. The molecule has 0 aromatic heterocycles. The first-order valence-corrected chi connectivity index (χ1v) is 8.63. The van der Waals surface area contributed by atoms with Crippen molar-refractivity contribution in [2.24, 2.45) is 0 Å². The van der Waals surface area contributed by atoms with E-state index < -0.39 is 24.0 Å². The topological polar surface area (TPSA) is 120 Å². The average molecular weight is 347 g/mol. The van der Waals surface area contributed by atoms with Gasteiger partial charge < -0.3 is 30.9 Å². The minimum atomic E-state index is -1.81. The lowest BCUT2D eigenvalue weighted by molar-refractivity contribution is -0.160. The normalized spacial score (nSPS) is 13.5. The number of Topliss-reactive ketones (excluding diaryl/α,β-unsaturated/α-hetero) is 1. The molecule has 0 rings (SSSR count). The first kappa shape index (κ1) is 22.9. The fourth-order valence-electron chi connectivity index (χ4n) is 1.99. The summed E-state index contributed by atoms with van der Waals surface area (Å²) in [7, 11) is 1.09. The summed E-state index contributed by atoms with van der Waals surface area (Å²) in [4.78, 5) is 22.6. The van der Waals surface area contributed by atoms with Crippen molar-refractivity contribution in [1.82, 2.24) is 16.0 Å². The van der Waals surface area contributed by atoms with Crippen molar-refractivity contribution in [2.75, 3.05) is 46.4 Å². The van der Waals surface area contributed by atoms with Crippen LogP contribution in [0.25, 0.3) is 0 Å². The van der Waals surface area contributed by atoms with E-state index in [-0.39, 0.29) is 6.42 Å². The molecular weight excluding hydrogens is 314 g/mol. The average Bonchev–Trinajstić information content (AvgIpc) is 2.60. The second kappa shape index (κ2) is 15.5. The van der Waals surface area contributed by atoms with Crippen molar-refractivity contribution in [1.29, 1.82) is 0 Å². The molecule has 0 aliphatic heterocycles. The van der Waals surface area contributed by atoms with Crippen LogP contribution < -0.4 is 16.0 Å². The van der Waals surface area contributed by atoms with E-state index in [1.807, 2.05) is 0 Å². The van der Waals surface area contributed by atoms with Crippen molar-refractivity contribution in [3.63, 3.8) is 0 Å². The molecule has 0 fully saturated rings. The molecular formula is C16H33N3O5. The van der Waals surface area contributed by atoms with E-state index in [0.717, 1.165) is 39.8 Å². The second-order valence-corrected chi connectivity index (χ2v) is 5.59. The minimum absolute atomic E-state index is 0.0942. The lowest BCUT2D eigenvalue weighted by Gasteiger charge is -2.14. The molecule has 0 aliphatic carbocycles. The Labute approximate surface area is 144 Å². The van der Waals surface area contributed by atoms with Gasteiger partial charge in [-0.1, -0.05) is 13.3 Å². The Morgan fingerprint density at radius 3 is 1.88 bits per heavy atom. The van der Waals surface area contributed by atoms with Crippen LogP contribution in [-0.2, 0) is 14.3 Å². The van der Waals surface area contributed by atoms with Gasteiger partial charge in [0.2, 0.25) is 0 Å². The molecule has 0 heterocycles. The molecule has 0 aromatic rings. The predicted octanol–water partition coefficient (Wildman–Crippen LogP) is -1.20. The van der Waals surface area contributed by atoms with E-state index >= 15 is 0 Å². The Morgan fingerprint density at radius 2 is 1.38 bits per heavy atom. The lowest BCUT2D eigenvalue weighted by Crippen LogP contribution is -2.40. The standard InChI is InChI=1S/C16H33N3O5/c1-3-4-7-17-9-11-19-12-10-18-8-5-6-13(20)14(21)15(22)16(23)24-2/h14-15,17-19,21-22H,3-12H2,1-2H3/t14-,15+/m0/s1. The van der Waals surface area contributed by atoms with E-state index in [9.17, 15) is 19.8 Å². The first-order valence-electron chi connectivity index (χ1n) is 8.63. The van der Waals surface area contributed by atoms with Crippen LogP contribution >= 0.6 is 0 Å². The van der Waals surface area contributed by atoms with E-state index in [1.165, 1.54) is 12.8 Å². The van der Waals surface area contributed by atoms with Gasteiger partial charge in [-0.05, 0) is 25.9 Å². The maximum atomic E-state index is 11.6. The summed E-state index contributed by atoms with van der Waals surface area (Å²) < 4.78 is 4.28. The Bertz CT molecular complexity index is 342. The smallest absolute Gasteiger partial charge is 0.337 e. The maximum absolute atomic E-state index is 11.6. The van der Waals surface area contributed by atoms with Gasteiger partial charge in [-0.3, -0.25) is 4.79 Å². The van der Waals surface area contributed by atoms with Gasteiger partial charge in [0.05, 0.1) is 7.11 Å². The number of hydrogen-bond donors (Lipinski definition) is 5. The van der Waals surface area contributed by atoms with E-state index in [2.05, 4.69) is 27.6 Å². The SMILES string of the molecule is CCCCNCCNCCNCCCC(=O)[C@H](O)[C@@H](O)C(=O)OC. The van der Waals surface area contributed by atoms with Crippen LogP contribution in [0.3, 0.4) is 0 Å². The molecule has 5 N–H and O–H groups in total. The van der Waals surface area contributed by atoms with Gasteiger partial charge in [0.1, 0.15) is 6.10 Å². The summed E-state index contributed by atoms with van der Waals surface area (Å²) in [5, 5.41) is 28.7. The Morgan fingerprint density at radius 1 is 0.875 bits per heavy atom. The minimum Gasteiger partial charge on any atom is -0.467 e. The van der Waals surface area contributed by atoms with Gasteiger partial charge in [-0.15, -0.1) is 0 Å². The number of esters is 1. The van der Waals surface area contributed by atoms with Crippen molar-refractivity contribution >= 4 is 11.8 Å². The van der Waals surface area contributed by atoms with E-state index in [0.29, 0.717) is 13.0 Å². The van der Waals surface area contributed by atoms with Crippen LogP contribution in [0.5, 0.6) is 0 Å². The molecule has 0 amide bonds. The number of ether oxygens (including phenoxy) is 1. The third kappa shape index (κ3) is 11.5. The van der Waals surface area contributed by atoms with Gasteiger partial charge in [0.15, 0.2) is 11.9 Å². The number of unbranched alkanes of at least 4 members (excludes halogenated alkanes) is 1. The molecule has 24 heavy (non-hydrogen) atoms. The van der Waals surface area contributed by atoms with Gasteiger partial charge >= 0.3 is 5.97 Å². The monoisotopic (exact) mass is 347 g/mol. The predicted molar refractivity (Wildman–Crippen MR) is 91.8 cm³/mol. The van der Waals surface area contributed by atoms with Crippen molar-refractivity contribution < 1.29 is 24.5 Å². The number of ketones is 1. The van der Waals surface area contributed by atoms with Crippen LogP contribution in [0.2, 0.25) is 0 Å². The molecule has 0 aromatic carbocycles. The van der Waals surface area contributed by atoms with E-state index in [4.69, 9.17) is 0 Å². The van der Waals surface area contributed by atoms with Crippen LogP contribution in [0, 0.1) is 0 Å². The molecule has 0 saturated heterocycles. The number of nitrogens with one attached hydrogen (secondary N) is 3. The Hall–Kier alpha value is -1.06. The molecule has 2 atom stereocenters. The molecule has 0 bridgehead atoms. The highest BCUT2D eigenvalue weighted by Crippen LogP contribution is 2.02. The van der Waals surface area contributed by atoms with Gasteiger partial charge in [0, 0.05) is 32.6 Å². The molecule has 0 unspecified atom stereocenters. The molecule has 8 heteroatoms. The lowest BCUT2D eigenvalue weighted by atomic mass is 10.1. The van der Waals surface area contributed by atoms with Crippen LogP contribution in [0.4, 0.5) is 0 Å². The molecule has 0 spiro atoms. The number of methoxy groups -OCH3 is 1. The zero-order chi connectivity index (χ0) is 18.2. The van der Waals surface area contributed by atoms with Crippen LogP contribution in [0.1, 0.15) is 32.6 Å². The second-order valence-electron chi connectivity index (χ2n) is 5.59. The van der Waals surface area contributed by atoms with Gasteiger partial charge in [-0.2, -0.15) is 0 Å². The van der Waals surface area contributed by atoms with Gasteiger partial charge in [0.25, 0.3) is 0 Å². The summed E-state index contributed by atoms with van der Waals surface area (Å²) in [5.41, 5.74) is 0. The number of hydrogen-bond acceptors (Lipinski definition) is 8. The zero-order valence-electron chi connectivity index (χ0n) is 14.8. The molecule has 8 nitrogen and oxygen atoms in total.